The smallest absolute Gasteiger partial charge is 0.0348 e. The summed E-state index contributed by atoms with van der Waals surface area (Å²) in [6, 6.07) is 7.59. The number of hydrogen-bond acceptors (Lipinski definition) is 1. The molecular weight excluding hydrogens is 242 g/mol. The number of nitrogens with one attached hydrogen (secondary N) is 1. The summed E-state index contributed by atoms with van der Waals surface area (Å²) in [4.78, 5) is 0. The van der Waals surface area contributed by atoms with Crippen molar-refractivity contribution in [2.45, 2.75) is 66.8 Å². The van der Waals surface area contributed by atoms with Gasteiger partial charge in [-0.1, -0.05) is 59.7 Å². The molecule has 20 heavy (non-hydrogen) atoms. The van der Waals surface area contributed by atoms with Gasteiger partial charge >= 0.3 is 0 Å². The summed E-state index contributed by atoms with van der Waals surface area (Å²) in [5.74, 6) is 1.35. The number of rotatable bonds is 8. The lowest BCUT2D eigenvalue weighted by atomic mass is 9.84. The Kier molecular flexibility index (Phi) is 7.29. The molecule has 1 aromatic rings. The van der Waals surface area contributed by atoms with E-state index in [1.54, 1.807) is 0 Å². The van der Waals surface area contributed by atoms with Crippen LogP contribution in [0.5, 0.6) is 0 Å². The molecule has 2 atom stereocenters. The molecule has 2 unspecified atom stereocenters. The van der Waals surface area contributed by atoms with Crippen LogP contribution in [0.1, 0.15) is 70.7 Å². The van der Waals surface area contributed by atoms with Gasteiger partial charge in [0, 0.05) is 6.04 Å². The van der Waals surface area contributed by atoms with E-state index < -0.39 is 0 Å². The fraction of sp³-hybridized carbons (Fsp3) is 0.684. The summed E-state index contributed by atoms with van der Waals surface area (Å²) in [5, 5.41) is 3.76. The Balaban J connectivity index is 3.06. The van der Waals surface area contributed by atoms with Crippen LogP contribution < -0.4 is 5.32 Å². The lowest BCUT2D eigenvalue weighted by Gasteiger charge is -2.29. The minimum absolute atomic E-state index is 0.478. The van der Waals surface area contributed by atoms with Crippen LogP contribution in [0.4, 0.5) is 0 Å². The Hall–Kier alpha value is -0.820. The van der Waals surface area contributed by atoms with Gasteiger partial charge in [-0.15, -0.1) is 0 Å². The first kappa shape index (κ1) is 17.2. The Morgan fingerprint density at radius 2 is 1.60 bits per heavy atom. The standard InChI is InChI=1S/C19H33N/c1-7-12-20-19(15(6)14(4)5)18-11-10-16(8-2)17(9-3)13-18/h10-11,13-15,19-20H,7-9,12H2,1-6H3. The summed E-state index contributed by atoms with van der Waals surface area (Å²) in [7, 11) is 0. The third kappa shape index (κ3) is 4.34. The molecule has 1 aromatic carbocycles. The molecule has 0 radical (unpaired) electrons. The van der Waals surface area contributed by atoms with E-state index in [9.17, 15) is 0 Å². The fourth-order valence-electron chi connectivity index (χ4n) is 2.81. The number of aryl methyl sites for hydroxylation is 2. The first-order chi connectivity index (χ1) is 9.54. The van der Waals surface area contributed by atoms with Gasteiger partial charge in [0.2, 0.25) is 0 Å². The van der Waals surface area contributed by atoms with Crippen molar-refractivity contribution in [2.24, 2.45) is 11.8 Å². The monoisotopic (exact) mass is 275 g/mol. The minimum Gasteiger partial charge on any atom is -0.310 e. The number of benzene rings is 1. The molecule has 0 fully saturated rings. The average molecular weight is 275 g/mol. The Morgan fingerprint density at radius 1 is 0.950 bits per heavy atom. The van der Waals surface area contributed by atoms with Crippen LogP contribution in [0.15, 0.2) is 18.2 Å². The van der Waals surface area contributed by atoms with Crippen molar-refractivity contribution in [1.29, 1.82) is 0 Å². The predicted octanol–water partition coefficient (Wildman–Crippen LogP) is 5.14. The van der Waals surface area contributed by atoms with Crippen molar-refractivity contribution in [3.8, 4) is 0 Å². The van der Waals surface area contributed by atoms with E-state index in [4.69, 9.17) is 0 Å². The van der Waals surface area contributed by atoms with Crippen LogP contribution in [-0.4, -0.2) is 6.54 Å². The molecule has 0 bridgehead atoms. The molecular formula is C19H33N. The molecule has 0 amide bonds. The maximum Gasteiger partial charge on any atom is 0.0348 e. The van der Waals surface area contributed by atoms with Gasteiger partial charge in [-0.05, 0) is 54.3 Å². The Bertz CT molecular complexity index is 395. The molecule has 0 aliphatic carbocycles. The van der Waals surface area contributed by atoms with Gasteiger partial charge in [-0.2, -0.15) is 0 Å². The van der Waals surface area contributed by atoms with Crippen molar-refractivity contribution in [1.82, 2.24) is 5.32 Å². The summed E-state index contributed by atoms with van der Waals surface area (Å²) >= 11 is 0. The van der Waals surface area contributed by atoms with E-state index in [-0.39, 0.29) is 0 Å². The lowest BCUT2D eigenvalue weighted by Crippen LogP contribution is -2.30. The second kappa shape index (κ2) is 8.46. The molecule has 1 N–H and O–H groups in total. The average Bonchev–Trinajstić information content (AvgIpc) is 2.46. The largest absolute Gasteiger partial charge is 0.310 e. The molecule has 1 rings (SSSR count). The molecule has 114 valence electrons. The van der Waals surface area contributed by atoms with Gasteiger partial charge in [0.15, 0.2) is 0 Å². The van der Waals surface area contributed by atoms with E-state index in [0.717, 1.165) is 19.4 Å². The third-order valence-electron chi connectivity index (χ3n) is 4.54. The maximum absolute atomic E-state index is 3.76. The van der Waals surface area contributed by atoms with Crippen LogP contribution in [0, 0.1) is 11.8 Å². The highest BCUT2D eigenvalue weighted by molar-refractivity contribution is 5.34. The zero-order valence-corrected chi connectivity index (χ0v) is 14.3. The molecule has 0 spiro atoms. The molecule has 0 aliphatic heterocycles. The van der Waals surface area contributed by atoms with Crippen molar-refractivity contribution in [3.05, 3.63) is 34.9 Å². The van der Waals surface area contributed by atoms with Crippen molar-refractivity contribution >= 4 is 0 Å². The quantitative estimate of drug-likeness (QED) is 0.692. The summed E-state index contributed by atoms with van der Waals surface area (Å²) in [6.45, 7) is 14.9. The van der Waals surface area contributed by atoms with Crippen molar-refractivity contribution < 1.29 is 0 Å². The van der Waals surface area contributed by atoms with Gasteiger partial charge in [-0.25, -0.2) is 0 Å². The second-order valence-corrected chi connectivity index (χ2v) is 6.27. The van der Waals surface area contributed by atoms with Crippen LogP contribution in [0.3, 0.4) is 0 Å². The van der Waals surface area contributed by atoms with E-state index in [1.165, 1.54) is 23.1 Å². The van der Waals surface area contributed by atoms with Crippen LogP contribution >= 0.6 is 0 Å². The predicted molar refractivity (Wildman–Crippen MR) is 90.2 cm³/mol. The topological polar surface area (TPSA) is 12.0 Å². The van der Waals surface area contributed by atoms with Gasteiger partial charge in [0.1, 0.15) is 0 Å². The summed E-state index contributed by atoms with van der Waals surface area (Å²) in [5.41, 5.74) is 4.49. The molecule has 0 aliphatic rings. The van der Waals surface area contributed by atoms with Crippen LogP contribution in [-0.2, 0) is 12.8 Å². The molecule has 0 aromatic heterocycles. The van der Waals surface area contributed by atoms with Crippen LogP contribution in [0.25, 0.3) is 0 Å². The maximum atomic E-state index is 3.76. The van der Waals surface area contributed by atoms with Gasteiger partial charge in [0.05, 0.1) is 0 Å². The minimum atomic E-state index is 0.478. The van der Waals surface area contributed by atoms with Crippen molar-refractivity contribution in [2.75, 3.05) is 6.54 Å². The molecule has 0 saturated carbocycles. The van der Waals surface area contributed by atoms with E-state index in [2.05, 4.69) is 65.1 Å². The van der Waals surface area contributed by atoms with Crippen molar-refractivity contribution in [3.63, 3.8) is 0 Å². The Morgan fingerprint density at radius 3 is 2.10 bits per heavy atom. The summed E-state index contributed by atoms with van der Waals surface area (Å²) in [6.07, 6.45) is 3.46. The highest BCUT2D eigenvalue weighted by Crippen LogP contribution is 2.29. The zero-order chi connectivity index (χ0) is 15.1. The highest BCUT2D eigenvalue weighted by Gasteiger charge is 2.21. The fourth-order valence-corrected chi connectivity index (χ4v) is 2.81. The summed E-state index contributed by atoms with van der Waals surface area (Å²) < 4.78 is 0. The molecule has 0 heterocycles. The molecule has 1 nitrogen and oxygen atoms in total. The van der Waals surface area contributed by atoms with Gasteiger partial charge in [0.25, 0.3) is 0 Å². The molecule has 1 heteroatoms. The SMILES string of the molecule is CCCNC(c1ccc(CC)c(CC)c1)C(C)C(C)C. The van der Waals surface area contributed by atoms with Gasteiger partial charge in [-0.3, -0.25) is 0 Å². The molecule has 0 saturated heterocycles. The van der Waals surface area contributed by atoms with Gasteiger partial charge < -0.3 is 5.32 Å². The van der Waals surface area contributed by atoms with Crippen LogP contribution in [0.2, 0.25) is 0 Å². The zero-order valence-electron chi connectivity index (χ0n) is 14.3. The van der Waals surface area contributed by atoms with E-state index >= 15 is 0 Å². The lowest BCUT2D eigenvalue weighted by molar-refractivity contribution is 0.303. The number of hydrogen-bond donors (Lipinski definition) is 1. The van der Waals surface area contributed by atoms with E-state index in [1.807, 2.05) is 0 Å². The highest BCUT2D eigenvalue weighted by atomic mass is 14.9. The normalized spacial score (nSPS) is 14.6. The first-order valence-corrected chi connectivity index (χ1v) is 8.40. The Labute approximate surface area is 126 Å². The second-order valence-electron chi connectivity index (χ2n) is 6.27. The third-order valence-corrected chi connectivity index (χ3v) is 4.54. The van der Waals surface area contributed by atoms with E-state index in [0.29, 0.717) is 17.9 Å². The first-order valence-electron chi connectivity index (χ1n) is 8.40.